The minimum Gasteiger partial charge on any atom is -0.247 e. The van der Waals surface area contributed by atoms with Gasteiger partial charge in [0.05, 0.1) is 22.4 Å². The zero-order valence-corrected chi connectivity index (χ0v) is 61.0. The summed E-state index contributed by atoms with van der Waals surface area (Å²) in [5.41, 5.74) is 23.5. The third-order valence-corrected chi connectivity index (χ3v) is 22.4. The molecular formula is C101H68N8S2. The molecule has 0 spiro atoms. The van der Waals surface area contributed by atoms with Crippen LogP contribution in [-0.2, 0) is 0 Å². The van der Waals surface area contributed by atoms with Gasteiger partial charge in [0.25, 0.3) is 0 Å². The van der Waals surface area contributed by atoms with E-state index in [1.165, 1.54) is 63.1 Å². The second kappa shape index (κ2) is 30.6. The zero-order chi connectivity index (χ0) is 73.1. The molecule has 6 aromatic heterocycles. The number of thiophene rings is 2. The van der Waals surface area contributed by atoms with Gasteiger partial charge in [0.1, 0.15) is 0 Å². The summed E-state index contributed by atoms with van der Waals surface area (Å²) in [6.07, 6.45) is 0. The molecule has 8 nitrogen and oxygen atoms in total. The molecule has 14 aromatic carbocycles. The molecule has 0 N–H and O–H groups in total. The third kappa shape index (κ3) is 13.7. The third-order valence-electron chi connectivity index (χ3n) is 19.9. The first-order valence-electron chi connectivity index (χ1n) is 36.6. The first-order chi connectivity index (χ1) is 54.5. The van der Waals surface area contributed by atoms with Crippen molar-refractivity contribution >= 4 is 64.7 Å². The Hall–Kier alpha value is -14.2. The SMILES string of the molecule is C.c1ccc(-c2nc(-c3ccccc3)nc(-c3ccc(-c4ccc(-c5sc6c(c(-c7ccccc7)nc7ccccc76)c5-c5ccccc5)cc4)cc3)n2)cc1.c1ccc(-c2nc(-c3ccccc3)nc(-c3cccc(-c4cccc(-c5sc6c(c(-c7ccccc7)nc7ccccc76)c5-c5ccccc5)c4)c3)n2)cc1. The predicted octanol–water partition coefficient (Wildman–Crippen LogP) is 27.2. The van der Waals surface area contributed by atoms with E-state index in [0.29, 0.717) is 34.9 Å². The molecule has 111 heavy (non-hydrogen) atoms. The molecule has 524 valence electrons. The Kier molecular flexibility index (Phi) is 18.9. The molecule has 0 fully saturated rings. The van der Waals surface area contributed by atoms with Crippen molar-refractivity contribution in [1.82, 2.24) is 39.9 Å². The molecule has 0 aliphatic rings. The van der Waals surface area contributed by atoms with Gasteiger partial charge in [0.15, 0.2) is 34.9 Å². The van der Waals surface area contributed by atoms with Crippen molar-refractivity contribution in [2.75, 3.05) is 0 Å². The van der Waals surface area contributed by atoms with Crippen molar-refractivity contribution in [2.24, 2.45) is 0 Å². The molecule has 0 aliphatic carbocycles. The van der Waals surface area contributed by atoms with Gasteiger partial charge in [0.2, 0.25) is 0 Å². The lowest BCUT2D eigenvalue weighted by Gasteiger charge is -2.12. The second-order valence-corrected chi connectivity index (χ2v) is 28.9. The predicted molar refractivity (Wildman–Crippen MR) is 464 cm³/mol. The van der Waals surface area contributed by atoms with Crippen LogP contribution in [0.2, 0.25) is 0 Å². The molecule has 0 atom stereocenters. The van der Waals surface area contributed by atoms with Crippen LogP contribution >= 0.6 is 22.7 Å². The molecule has 10 heteroatoms. The van der Waals surface area contributed by atoms with Gasteiger partial charge in [-0.25, -0.2) is 39.9 Å². The van der Waals surface area contributed by atoms with Crippen LogP contribution in [0.25, 0.3) is 198 Å². The molecular weight excluding hydrogens is 1390 g/mol. The van der Waals surface area contributed by atoms with Crippen molar-refractivity contribution in [3.63, 3.8) is 0 Å². The number of aromatic nitrogens is 8. The fraction of sp³-hybridized carbons (Fsp3) is 0.00990. The van der Waals surface area contributed by atoms with E-state index in [9.17, 15) is 0 Å². The minimum absolute atomic E-state index is 0. The van der Waals surface area contributed by atoms with Crippen LogP contribution in [0.1, 0.15) is 7.43 Å². The van der Waals surface area contributed by atoms with Gasteiger partial charge in [0, 0.05) is 96.3 Å². The first kappa shape index (κ1) is 68.6. The molecule has 0 saturated heterocycles. The van der Waals surface area contributed by atoms with Gasteiger partial charge in [-0.1, -0.05) is 371 Å². The Balaban J connectivity index is 0.000000154. The highest BCUT2D eigenvalue weighted by Gasteiger charge is 2.26. The number of pyridine rings is 2. The lowest BCUT2D eigenvalue weighted by atomic mass is 9.94. The molecule has 0 radical (unpaired) electrons. The fourth-order valence-electron chi connectivity index (χ4n) is 14.5. The summed E-state index contributed by atoms with van der Waals surface area (Å²) >= 11 is 3.70. The van der Waals surface area contributed by atoms with E-state index < -0.39 is 0 Å². The zero-order valence-electron chi connectivity index (χ0n) is 59.3. The summed E-state index contributed by atoms with van der Waals surface area (Å²) in [5.74, 6) is 3.87. The number of nitrogens with zero attached hydrogens (tertiary/aromatic N) is 8. The summed E-state index contributed by atoms with van der Waals surface area (Å²) in [5, 5.41) is 4.71. The lowest BCUT2D eigenvalue weighted by molar-refractivity contribution is 1.07. The van der Waals surface area contributed by atoms with Gasteiger partial charge in [-0.3, -0.25) is 0 Å². The average molecular weight is 1460 g/mol. The van der Waals surface area contributed by atoms with E-state index in [1.54, 1.807) is 0 Å². The van der Waals surface area contributed by atoms with Crippen molar-refractivity contribution in [3.05, 3.63) is 388 Å². The smallest absolute Gasteiger partial charge is 0.164 e. The molecule has 0 amide bonds. The van der Waals surface area contributed by atoms with Gasteiger partial charge in [-0.15, -0.1) is 22.7 Å². The largest absolute Gasteiger partial charge is 0.247 e. The average Bonchev–Trinajstić information content (AvgIpc) is 1.58. The van der Waals surface area contributed by atoms with Gasteiger partial charge < -0.3 is 0 Å². The number of hydrogen-bond acceptors (Lipinski definition) is 10. The van der Waals surface area contributed by atoms with Crippen LogP contribution in [0.15, 0.2) is 388 Å². The number of benzene rings is 14. The Bertz CT molecular complexity index is 6590. The number of para-hydroxylation sites is 2. The van der Waals surface area contributed by atoms with E-state index >= 15 is 0 Å². The molecule has 0 aliphatic heterocycles. The molecule has 0 bridgehead atoms. The summed E-state index contributed by atoms with van der Waals surface area (Å²) in [6, 6.07) is 135. The van der Waals surface area contributed by atoms with E-state index in [0.717, 1.165) is 100 Å². The van der Waals surface area contributed by atoms with Crippen molar-refractivity contribution in [1.29, 1.82) is 0 Å². The summed E-state index contributed by atoms with van der Waals surface area (Å²) < 4.78 is 2.49. The van der Waals surface area contributed by atoms with Crippen molar-refractivity contribution in [3.8, 4) is 156 Å². The maximum Gasteiger partial charge on any atom is 0.164 e. The Morgan fingerprint density at radius 1 is 0.171 bits per heavy atom. The van der Waals surface area contributed by atoms with Crippen LogP contribution in [-0.4, -0.2) is 39.9 Å². The van der Waals surface area contributed by atoms with Crippen LogP contribution in [0.5, 0.6) is 0 Å². The first-order valence-corrected chi connectivity index (χ1v) is 38.3. The van der Waals surface area contributed by atoms with Crippen molar-refractivity contribution < 1.29 is 0 Å². The van der Waals surface area contributed by atoms with E-state index in [1.807, 2.05) is 144 Å². The van der Waals surface area contributed by atoms with Crippen LogP contribution in [0.4, 0.5) is 0 Å². The highest BCUT2D eigenvalue weighted by Crippen LogP contribution is 2.52. The molecule has 0 saturated carbocycles. The van der Waals surface area contributed by atoms with Crippen LogP contribution in [0, 0.1) is 0 Å². The van der Waals surface area contributed by atoms with Crippen LogP contribution in [0.3, 0.4) is 0 Å². The Morgan fingerprint density at radius 3 is 0.775 bits per heavy atom. The van der Waals surface area contributed by atoms with Gasteiger partial charge in [-0.2, -0.15) is 0 Å². The monoisotopic (exact) mass is 1460 g/mol. The molecule has 6 heterocycles. The molecule has 20 aromatic rings. The van der Waals surface area contributed by atoms with E-state index in [-0.39, 0.29) is 7.43 Å². The number of fused-ring (bicyclic) bond motifs is 6. The maximum atomic E-state index is 5.31. The number of rotatable bonds is 14. The highest BCUT2D eigenvalue weighted by molar-refractivity contribution is 7.24. The summed E-state index contributed by atoms with van der Waals surface area (Å²) in [4.78, 5) is 42.6. The van der Waals surface area contributed by atoms with Gasteiger partial charge >= 0.3 is 0 Å². The standard InChI is InChI=1S/2C50H32N4S.CH4/c1-5-17-33(18-6-1)43-44-45(34-19-7-2-8-20-34)51-42-30-14-13-29-41(42)47(44)55-46(43)39-27-15-25-37(31-39)38-26-16-28-40(32-38)50-53-48(35-21-9-3-10-22-35)52-49(54-50)36-23-11-4-12-24-36;1-5-15-35(16-6-1)43-44-45(36-17-7-2-8-18-36)51-42-24-14-13-23-41(42)47(44)55-46(43)37-29-25-33(26-30-37)34-27-31-40(32-28-34)50-53-48(38-19-9-3-10-20-38)52-49(54-50)39-21-11-4-12-22-39;/h2*1-32H;1H4. The van der Waals surface area contributed by atoms with E-state index in [2.05, 4.69) is 267 Å². The topological polar surface area (TPSA) is 103 Å². The fourth-order valence-corrected chi connectivity index (χ4v) is 17.2. The summed E-state index contributed by atoms with van der Waals surface area (Å²) in [6.45, 7) is 0. The lowest BCUT2D eigenvalue weighted by Crippen LogP contribution is -2.00. The molecule has 0 unspecified atom stereocenters. The Labute approximate surface area is 651 Å². The normalized spacial score (nSPS) is 11.2. The maximum absolute atomic E-state index is 5.31. The Morgan fingerprint density at radius 2 is 0.414 bits per heavy atom. The minimum atomic E-state index is 0. The molecule has 20 rings (SSSR count). The highest BCUT2D eigenvalue weighted by atomic mass is 32.1. The van der Waals surface area contributed by atoms with E-state index in [4.69, 9.17) is 39.9 Å². The number of hydrogen-bond donors (Lipinski definition) is 0. The second-order valence-electron chi connectivity index (χ2n) is 26.8. The van der Waals surface area contributed by atoms with Crippen molar-refractivity contribution in [2.45, 2.75) is 7.43 Å². The quantitative estimate of drug-likeness (QED) is 0.106. The summed E-state index contributed by atoms with van der Waals surface area (Å²) in [7, 11) is 0. The van der Waals surface area contributed by atoms with Gasteiger partial charge in [-0.05, 0) is 68.8 Å². The van der Waals surface area contributed by atoms with Crippen LogP contribution < -0.4 is 0 Å².